The summed E-state index contributed by atoms with van der Waals surface area (Å²) in [5.41, 5.74) is -5.58. The van der Waals surface area contributed by atoms with Crippen LogP contribution in [0.15, 0.2) is 53.6 Å². The molecule has 1 unspecified atom stereocenters. The van der Waals surface area contributed by atoms with Crippen LogP contribution >= 0.6 is 10.5 Å². The minimum absolute atomic E-state index is 0.0233. The molecule has 0 aliphatic carbocycles. The molecule has 0 spiro atoms. The van der Waals surface area contributed by atoms with Crippen molar-refractivity contribution in [2.45, 2.75) is 37.3 Å². The molecule has 0 amide bonds. The van der Waals surface area contributed by atoms with E-state index in [1.807, 2.05) is 0 Å². The van der Waals surface area contributed by atoms with Gasteiger partial charge in [0.2, 0.25) is 0 Å². The average Bonchev–Trinajstić information content (AvgIpc) is 2.71. The van der Waals surface area contributed by atoms with Gasteiger partial charge < -0.3 is 5.32 Å². The van der Waals surface area contributed by atoms with Gasteiger partial charge in [-0.25, -0.2) is 0 Å². The van der Waals surface area contributed by atoms with E-state index in [1.165, 1.54) is 12.1 Å². The van der Waals surface area contributed by atoms with Crippen LogP contribution in [0.5, 0.6) is 0 Å². The third-order valence-electron chi connectivity index (χ3n) is 4.99. The number of hydrogen-bond acceptors (Lipinski definition) is 2. The summed E-state index contributed by atoms with van der Waals surface area (Å²) in [7, 11) is -1.37. The molecule has 190 valence electrons. The van der Waals surface area contributed by atoms with Crippen LogP contribution in [0.1, 0.15) is 36.1 Å². The number of nitrogens with zero attached hydrogens (tertiary/aromatic N) is 1. The predicted octanol–water partition coefficient (Wildman–Crippen LogP) is 8.33. The van der Waals surface area contributed by atoms with E-state index in [1.54, 1.807) is 13.8 Å². The Morgan fingerprint density at radius 2 is 1.40 bits per heavy atom. The molecule has 0 saturated heterocycles. The number of rotatable bonds is 6. The van der Waals surface area contributed by atoms with Crippen LogP contribution in [0.2, 0.25) is 0 Å². The fourth-order valence-electron chi connectivity index (χ4n) is 3.00. The summed E-state index contributed by atoms with van der Waals surface area (Å²) in [5, 5.41) is 11.6. The molecule has 35 heavy (non-hydrogen) atoms. The molecule has 2 aromatic carbocycles. The quantitative estimate of drug-likeness (QED) is 0.304. The van der Waals surface area contributed by atoms with Gasteiger partial charge in [0.1, 0.15) is 0 Å². The van der Waals surface area contributed by atoms with Gasteiger partial charge in [-0.3, -0.25) is 0 Å². The zero-order valence-electron chi connectivity index (χ0n) is 18.3. The number of nitrogens with one attached hydrogen (secondary N) is 1. The number of alkyl halides is 9. The Labute approximate surface area is 198 Å². The first-order valence-electron chi connectivity index (χ1n) is 9.63. The highest BCUT2D eigenvalue weighted by molar-refractivity contribution is 8.14. The van der Waals surface area contributed by atoms with E-state index in [-0.39, 0.29) is 28.1 Å². The Balaban J connectivity index is 2.33. The molecule has 12 heteroatoms. The minimum atomic E-state index is -5.01. The van der Waals surface area contributed by atoms with E-state index in [2.05, 4.69) is 17.8 Å². The van der Waals surface area contributed by atoms with E-state index >= 15 is 0 Å². The summed E-state index contributed by atoms with van der Waals surface area (Å²) in [4.78, 5) is -0.272. The predicted molar refractivity (Wildman–Crippen MR) is 117 cm³/mol. The number of allylic oxidation sites excluding steroid dienone is 1. The molecule has 1 atom stereocenters. The fraction of sp³-hybridized carbons (Fsp3) is 0.304. The Bertz CT molecular complexity index is 1150. The SMILES string of the molecule is C=C(Nc1ccc(C#N)c(C(F)(F)F)c1)C(C)(C)CS(=C)c1cc(C(F)(F)F)cc(C(F)(F)F)c1. The molecule has 0 aliphatic rings. The fourth-order valence-corrected chi connectivity index (χ4v) is 4.80. The van der Waals surface area contributed by atoms with Gasteiger partial charge in [-0.15, -0.1) is 0 Å². The molecule has 2 aromatic rings. The summed E-state index contributed by atoms with van der Waals surface area (Å²) in [6, 6.07) is 5.59. The first kappa shape index (κ1) is 28.3. The molecule has 0 heterocycles. The minimum Gasteiger partial charge on any atom is -0.359 e. The summed E-state index contributed by atoms with van der Waals surface area (Å²) < 4.78 is 119. The summed E-state index contributed by atoms with van der Waals surface area (Å²) in [6.07, 6.45) is -14.8. The van der Waals surface area contributed by atoms with Crippen molar-refractivity contribution in [3.05, 3.63) is 70.9 Å². The van der Waals surface area contributed by atoms with Crippen molar-refractivity contribution in [3.63, 3.8) is 0 Å². The third-order valence-corrected chi connectivity index (χ3v) is 6.96. The number of hydrogen-bond donors (Lipinski definition) is 1. The molecule has 0 fully saturated rings. The molecular weight excluding hydrogens is 507 g/mol. The monoisotopic (exact) mass is 526 g/mol. The van der Waals surface area contributed by atoms with Crippen molar-refractivity contribution >= 4 is 22.0 Å². The second-order valence-corrected chi connectivity index (χ2v) is 9.98. The van der Waals surface area contributed by atoms with Gasteiger partial charge in [-0.2, -0.15) is 55.3 Å². The molecule has 0 aliphatic heterocycles. The van der Waals surface area contributed by atoms with Crippen molar-refractivity contribution in [2.75, 3.05) is 11.1 Å². The van der Waals surface area contributed by atoms with Crippen LogP contribution in [0.3, 0.4) is 0 Å². The van der Waals surface area contributed by atoms with E-state index in [4.69, 9.17) is 5.26 Å². The summed E-state index contributed by atoms with van der Waals surface area (Å²) >= 11 is 0. The standard InChI is InChI=1S/C23H19F9N2S/c1-13(34-17-6-5-14(11-33)19(10-17)23(30,31)32)20(2,3)12-35(4)18-8-15(21(24,25)26)7-16(9-18)22(27,28)29/h5-10,34H,1,4,12H2,2-3H3. The highest BCUT2D eigenvalue weighted by Gasteiger charge is 2.38. The Kier molecular flexibility index (Phi) is 7.76. The van der Waals surface area contributed by atoms with Gasteiger partial charge in [-0.1, -0.05) is 26.3 Å². The van der Waals surface area contributed by atoms with Crippen molar-refractivity contribution in [1.29, 1.82) is 5.26 Å². The molecule has 1 N–H and O–H groups in total. The van der Waals surface area contributed by atoms with Crippen molar-refractivity contribution in [1.82, 2.24) is 0 Å². The Morgan fingerprint density at radius 1 is 0.886 bits per heavy atom. The van der Waals surface area contributed by atoms with Crippen molar-refractivity contribution < 1.29 is 39.5 Å². The maximum atomic E-state index is 13.2. The molecule has 0 radical (unpaired) electrons. The number of halogens is 9. The van der Waals surface area contributed by atoms with Crippen molar-refractivity contribution in [2.24, 2.45) is 5.41 Å². The second-order valence-electron chi connectivity index (χ2n) is 8.24. The van der Waals surface area contributed by atoms with Gasteiger partial charge in [0.05, 0.1) is 28.3 Å². The van der Waals surface area contributed by atoms with E-state index in [0.29, 0.717) is 18.2 Å². The Morgan fingerprint density at radius 3 is 1.83 bits per heavy atom. The zero-order chi connectivity index (χ0) is 27.0. The molecule has 0 bridgehead atoms. The lowest BCUT2D eigenvalue weighted by atomic mass is 9.92. The highest BCUT2D eigenvalue weighted by Crippen LogP contribution is 2.43. The first-order valence-corrected chi connectivity index (χ1v) is 11.2. The maximum absolute atomic E-state index is 13.2. The first-order chi connectivity index (χ1) is 15.8. The highest BCUT2D eigenvalue weighted by atomic mass is 32.2. The van der Waals surface area contributed by atoms with Gasteiger partial charge in [0.25, 0.3) is 0 Å². The molecule has 0 aromatic heterocycles. The van der Waals surface area contributed by atoms with Crippen LogP contribution in [-0.4, -0.2) is 11.6 Å². The summed E-state index contributed by atoms with van der Waals surface area (Å²) in [5.74, 6) is 3.68. The molecule has 2 rings (SSSR count). The van der Waals surface area contributed by atoms with Crippen LogP contribution in [0, 0.1) is 16.7 Å². The lowest BCUT2D eigenvalue weighted by Crippen LogP contribution is -2.23. The molecule has 2 nitrogen and oxygen atoms in total. The van der Waals surface area contributed by atoms with Gasteiger partial charge in [-0.05, 0) is 36.4 Å². The largest absolute Gasteiger partial charge is 0.417 e. The Hall–Kier alpha value is -2.94. The average molecular weight is 526 g/mol. The van der Waals surface area contributed by atoms with Crippen LogP contribution in [0.4, 0.5) is 45.2 Å². The van der Waals surface area contributed by atoms with Crippen LogP contribution in [-0.2, 0) is 18.5 Å². The lowest BCUT2D eigenvalue weighted by Gasteiger charge is -2.30. The number of anilines is 1. The number of benzene rings is 2. The van der Waals surface area contributed by atoms with E-state index < -0.39 is 56.7 Å². The normalized spacial score (nSPS) is 13.8. The zero-order valence-corrected chi connectivity index (χ0v) is 19.2. The third kappa shape index (κ3) is 7.04. The van der Waals surface area contributed by atoms with Crippen LogP contribution in [0.25, 0.3) is 0 Å². The van der Waals surface area contributed by atoms with Crippen LogP contribution < -0.4 is 5.32 Å². The van der Waals surface area contributed by atoms with Gasteiger partial charge >= 0.3 is 18.5 Å². The summed E-state index contributed by atoms with van der Waals surface area (Å²) in [6.45, 7) is 6.91. The van der Waals surface area contributed by atoms with Crippen molar-refractivity contribution in [3.8, 4) is 6.07 Å². The van der Waals surface area contributed by atoms with E-state index in [0.717, 1.165) is 6.07 Å². The smallest absolute Gasteiger partial charge is 0.359 e. The second kappa shape index (κ2) is 9.60. The van der Waals surface area contributed by atoms with Gasteiger partial charge in [0.15, 0.2) is 0 Å². The van der Waals surface area contributed by atoms with E-state index in [9.17, 15) is 39.5 Å². The number of nitriles is 1. The lowest BCUT2D eigenvalue weighted by molar-refractivity contribution is -0.143. The van der Waals surface area contributed by atoms with Gasteiger partial charge in [0, 0.05) is 27.4 Å². The maximum Gasteiger partial charge on any atom is 0.417 e. The molecular formula is C23H19F9N2S. The topological polar surface area (TPSA) is 35.8 Å². The molecule has 0 saturated carbocycles.